The van der Waals surface area contributed by atoms with E-state index in [2.05, 4.69) is 46.9 Å². The fourth-order valence-corrected chi connectivity index (χ4v) is 4.67. The number of fused-ring (bicyclic) bond motifs is 1. The molecule has 0 spiro atoms. The molecular weight excluding hydrogens is 370 g/mol. The molecule has 0 radical (unpaired) electrons. The summed E-state index contributed by atoms with van der Waals surface area (Å²) in [6.07, 6.45) is 0.823. The molecule has 146 valence electrons. The van der Waals surface area contributed by atoms with Gasteiger partial charge in [-0.05, 0) is 24.3 Å². The smallest absolute Gasteiger partial charge is 0.255 e. The van der Waals surface area contributed by atoms with Gasteiger partial charge >= 0.3 is 0 Å². The second-order valence-electron chi connectivity index (χ2n) is 7.46. The number of para-hydroxylation sites is 1. The van der Waals surface area contributed by atoms with Crippen molar-refractivity contribution in [2.75, 3.05) is 13.7 Å². The minimum absolute atomic E-state index is 0.0132. The van der Waals surface area contributed by atoms with Crippen molar-refractivity contribution in [1.82, 2.24) is 14.9 Å². The number of aromatic amines is 1. The minimum atomic E-state index is 0.0132. The van der Waals surface area contributed by atoms with E-state index in [-0.39, 0.29) is 11.5 Å². The molecule has 3 aromatic rings. The largest absolute Gasteiger partial charge is 0.496 e. The summed E-state index contributed by atoms with van der Waals surface area (Å²) in [7, 11) is 1.70. The van der Waals surface area contributed by atoms with E-state index in [0.717, 1.165) is 47.9 Å². The number of thiophene rings is 1. The van der Waals surface area contributed by atoms with Crippen molar-refractivity contribution in [3.8, 4) is 16.2 Å². The molecule has 4 rings (SSSR count). The summed E-state index contributed by atoms with van der Waals surface area (Å²) in [5.74, 6) is 1.91. The molecule has 1 aliphatic heterocycles. The van der Waals surface area contributed by atoms with E-state index in [0.29, 0.717) is 6.54 Å². The second-order valence-corrected chi connectivity index (χ2v) is 8.63. The zero-order chi connectivity index (χ0) is 19.7. The third kappa shape index (κ3) is 3.75. The van der Waals surface area contributed by atoms with E-state index in [9.17, 15) is 4.79 Å². The zero-order valence-corrected chi connectivity index (χ0v) is 17.3. The molecule has 28 heavy (non-hydrogen) atoms. The van der Waals surface area contributed by atoms with Gasteiger partial charge in [0.25, 0.3) is 5.56 Å². The number of benzene rings is 1. The third-order valence-electron chi connectivity index (χ3n) is 5.13. The molecule has 5 nitrogen and oxygen atoms in total. The number of ether oxygens (including phenoxy) is 1. The maximum atomic E-state index is 12.5. The molecule has 0 atom stereocenters. The van der Waals surface area contributed by atoms with Gasteiger partial charge in [-0.1, -0.05) is 26.0 Å². The molecule has 0 saturated heterocycles. The molecule has 0 aliphatic carbocycles. The lowest BCUT2D eigenvalue weighted by Gasteiger charge is -2.27. The summed E-state index contributed by atoms with van der Waals surface area (Å²) in [5, 5.41) is 0. The van der Waals surface area contributed by atoms with E-state index < -0.39 is 0 Å². The average molecular weight is 396 g/mol. The molecular formula is C22H25N3O2S. The fourth-order valence-electron chi connectivity index (χ4n) is 3.58. The summed E-state index contributed by atoms with van der Waals surface area (Å²) >= 11 is 1.78. The SMILES string of the molecule is COc1ccccc1-c1ccc(CN2CCc3nc(C(C)C)[nH]c(=O)c3C2)s1. The monoisotopic (exact) mass is 395 g/mol. The molecule has 1 N–H and O–H groups in total. The van der Waals surface area contributed by atoms with Crippen LogP contribution in [0.25, 0.3) is 10.4 Å². The molecule has 0 fully saturated rings. The lowest BCUT2D eigenvalue weighted by molar-refractivity contribution is 0.243. The number of methoxy groups -OCH3 is 1. The Morgan fingerprint density at radius 3 is 2.86 bits per heavy atom. The van der Waals surface area contributed by atoms with Gasteiger partial charge in [0.2, 0.25) is 0 Å². The number of hydrogen-bond donors (Lipinski definition) is 1. The Labute approximate surface area is 169 Å². The fraction of sp³-hybridized carbons (Fsp3) is 0.364. The first kappa shape index (κ1) is 18.9. The van der Waals surface area contributed by atoms with Crippen LogP contribution < -0.4 is 10.3 Å². The van der Waals surface area contributed by atoms with E-state index in [1.807, 2.05) is 18.2 Å². The van der Waals surface area contributed by atoms with Gasteiger partial charge in [-0.25, -0.2) is 4.98 Å². The van der Waals surface area contributed by atoms with Crippen LogP contribution >= 0.6 is 11.3 Å². The van der Waals surface area contributed by atoms with Gasteiger partial charge < -0.3 is 9.72 Å². The van der Waals surface area contributed by atoms with Gasteiger partial charge in [-0.2, -0.15) is 0 Å². The summed E-state index contributed by atoms with van der Waals surface area (Å²) in [4.78, 5) is 25.0. The number of hydrogen-bond acceptors (Lipinski definition) is 5. The second kappa shape index (κ2) is 7.89. The predicted octanol–water partition coefficient (Wildman–Crippen LogP) is 4.19. The van der Waals surface area contributed by atoms with Crippen LogP contribution in [-0.4, -0.2) is 28.5 Å². The number of H-pyrrole nitrogens is 1. The van der Waals surface area contributed by atoms with E-state index in [1.165, 1.54) is 9.75 Å². The molecule has 3 heterocycles. The van der Waals surface area contributed by atoms with Crippen LogP contribution in [0.5, 0.6) is 5.75 Å². The van der Waals surface area contributed by atoms with Crippen molar-refractivity contribution in [2.45, 2.75) is 39.3 Å². The van der Waals surface area contributed by atoms with Crippen LogP contribution in [0.2, 0.25) is 0 Å². The molecule has 0 amide bonds. The minimum Gasteiger partial charge on any atom is -0.496 e. The van der Waals surface area contributed by atoms with Gasteiger partial charge in [-0.3, -0.25) is 9.69 Å². The lowest BCUT2D eigenvalue weighted by atomic mass is 10.1. The first-order chi connectivity index (χ1) is 13.5. The van der Waals surface area contributed by atoms with Crippen LogP contribution in [0.15, 0.2) is 41.2 Å². The molecule has 2 aromatic heterocycles. The highest BCUT2D eigenvalue weighted by atomic mass is 32.1. The van der Waals surface area contributed by atoms with Gasteiger partial charge in [0, 0.05) is 47.3 Å². The van der Waals surface area contributed by atoms with Crippen LogP contribution in [0, 0.1) is 0 Å². The highest BCUT2D eigenvalue weighted by molar-refractivity contribution is 7.15. The van der Waals surface area contributed by atoms with Gasteiger partial charge in [0.05, 0.1) is 18.4 Å². The van der Waals surface area contributed by atoms with Crippen molar-refractivity contribution in [3.63, 3.8) is 0 Å². The van der Waals surface area contributed by atoms with Crippen molar-refractivity contribution in [3.05, 3.63) is 68.7 Å². The molecule has 6 heteroatoms. The highest BCUT2D eigenvalue weighted by Crippen LogP contribution is 2.35. The van der Waals surface area contributed by atoms with E-state index in [1.54, 1.807) is 18.4 Å². The maximum Gasteiger partial charge on any atom is 0.255 e. The van der Waals surface area contributed by atoms with Crippen LogP contribution in [-0.2, 0) is 19.5 Å². The molecule has 0 unspecified atom stereocenters. The Hall–Kier alpha value is -2.44. The number of aromatic nitrogens is 2. The van der Waals surface area contributed by atoms with Crippen LogP contribution in [0.4, 0.5) is 0 Å². The summed E-state index contributed by atoms with van der Waals surface area (Å²) < 4.78 is 5.49. The molecule has 0 saturated carbocycles. The normalized spacial score (nSPS) is 14.3. The summed E-state index contributed by atoms with van der Waals surface area (Å²) in [6, 6.07) is 12.4. The van der Waals surface area contributed by atoms with Crippen LogP contribution in [0.1, 0.15) is 41.7 Å². The first-order valence-electron chi connectivity index (χ1n) is 9.61. The van der Waals surface area contributed by atoms with Gasteiger partial charge in [0.15, 0.2) is 0 Å². The standard InChI is InChI=1S/C22H25N3O2S/c1-14(2)21-23-18-10-11-25(13-17(18)22(26)24-21)12-15-8-9-20(28-15)16-6-4-5-7-19(16)27-3/h4-9,14H,10-13H2,1-3H3,(H,23,24,26). The Bertz CT molecular complexity index is 1040. The molecule has 0 bridgehead atoms. The third-order valence-corrected chi connectivity index (χ3v) is 6.23. The van der Waals surface area contributed by atoms with Gasteiger partial charge in [0.1, 0.15) is 11.6 Å². The molecule has 1 aliphatic rings. The van der Waals surface area contributed by atoms with Crippen molar-refractivity contribution in [2.24, 2.45) is 0 Å². The Balaban J connectivity index is 1.51. The quantitative estimate of drug-likeness (QED) is 0.704. The maximum absolute atomic E-state index is 12.5. The topological polar surface area (TPSA) is 58.2 Å². The van der Waals surface area contributed by atoms with Crippen molar-refractivity contribution in [1.29, 1.82) is 0 Å². The number of rotatable bonds is 5. The van der Waals surface area contributed by atoms with E-state index >= 15 is 0 Å². The van der Waals surface area contributed by atoms with Crippen molar-refractivity contribution >= 4 is 11.3 Å². The van der Waals surface area contributed by atoms with E-state index in [4.69, 9.17) is 4.74 Å². The average Bonchev–Trinajstić information content (AvgIpc) is 3.16. The Morgan fingerprint density at radius 1 is 1.25 bits per heavy atom. The van der Waals surface area contributed by atoms with Gasteiger partial charge in [-0.15, -0.1) is 11.3 Å². The summed E-state index contributed by atoms with van der Waals surface area (Å²) in [5.41, 5.74) is 2.91. The number of nitrogens with one attached hydrogen (secondary N) is 1. The number of nitrogens with zero attached hydrogens (tertiary/aromatic N) is 2. The Kier molecular flexibility index (Phi) is 5.33. The van der Waals surface area contributed by atoms with Crippen LogP contribution in [0.3, 0.4) is 0 Å². The predicted molar refractivity (Wildman–Crippen MR) is 113 cm³/mol. The first-order valence-corrected chi connectivity index (χ1v) is 10.4. The summed E-state index contributed by atoms with van der Waals surface area (Å²) in [6.45, 7) is 6.51. The lowest BCUT2D eigenvalue weighted by Crippen LogP contribution is -2.35. The highest BCUT2D eigenvalue weighted by Gasteiger charge is 2.22. The Morgan fingerprint density at radius 2 is 2.07 bits per heavy atom. The van der Waals surface area contributed by atoms with Crippen molar-refractivity contribution < 1.29 is 4.74 Å². The zero-order valence-electron chi connectivity index (χ0n) is 16.5. The molecule has 1 aromatic carbocycles.